The first-order valence-electron chi connectivity index (χ1n) is 7.87. The van der Waals surface area contributed by atoms with Crippen molar-refractivity contribution in [2.45, 2.75) is 0 Å². The fourth-order valence-corrected chi connectivity index (χ4v) is 2.55. The first kappa shape index (κ1) is 18.5. The molecule has 2 N–H and O–H groups in total. The van der Waals surface area contributed by atoms with Crippen molar-refractivity contribution in [3.8, 4) is 0 Å². The highest BCUT2D eigenvalue weighted by atomic mass is 35.5. The minimum atomic E-state index is -0.971. The Bertz CT molecular complexity index is 1010. The quantitative estimate of drug-likeness (QED) is 0.653. The van der Waals surface area contributed by atoms with E-state index in [1.165, 1.54) is 42.5 Å². The van der Waals surface area contributed by atoms with Crippen molar-refractivity contribution in [1.82, 2.24) is 0 Å². The zero-order valence-corrected chi connectivity index (χ0v) is 14.6. The normalized spacial score (nSPS) is 10.3. The number of hydrogen-bond acceptors (Lipinski definition) is 2. The Kier molecular flexibility index (Phi) is 5.47. The minimum Gasteiger partial charge on any atom is -0.322 e. The Labute approximate surface area is 158 Å². The second kappa shape index (κ2) is 7.97. The fourth-order valence-electron chi connectivity index (χ4n) is 2.37. The van der Waals surface area contributed by atoms with Crippen LogP contribution in [0, 0.1) is 11.6 Å². The monoisotopic (exact) mass is 386 g/mol. The van der Waals surface area contributed by atoms with E-state index in [1.54, 1.807) is 24.3 Å². The number of rotatable bonds is 4. The number of carbonyl (C=O) groups excluding carboxylic acids is 2. The zero-order chi connectivity index (χ0) is 19.4. The van der Waals surface area contributed by atoms with Gasteiger partial charge < -0.3 is 10.6 Å². The van der Waals surface area contributed by atoms with E-state index in [0.717, 1.165) is 0 Å². The van der Waals surface area contributed by atoms with Crippen LogP contribution in [0.2, 0.25) is 5.02 Å². The third-order valence-electron chi connectivity index (χ3n) is 3.71. The molecule has 0 saturated carbocycles. The number of hydrogen-bond donors (Lipinski definition) is 2. The smallest absolute Gasteiger partial charge is 0.258 e. The van der Waals surface area contributed by atoms with Gasteiger partial charge in [-0.1, -0.05) is 29.8 Å². The number of anilines is 2. The van der Waals surface area contributed by atoms with Gasteiger partial charge in [-0.05, 0) is 48.5 Å². The molecule has 7 heteroatoms. The Morgan fingerprint density at radius 1 is 0.741 bits per heavy atom. The van der Waals surface area contributed by atoms with E-state index in [4.69, 9.17) is 11.6 Å². The summed E-state index contributed by atoms with van der Waals surface area (Å²) in [4.78, 5) is 24.7. The Morgan fingerprint density at radius 3 is 1.96 bits per heavy atom. The van der Waals surface area contributed by atoms with Crippen LogP contribution in [0.4, 0.5) is 20.2 Å². The Morgan fingerprint density at radius 2 is 1.33 bits per heavy atom. The third kappa shape index (κ3) is 4.30. The van der Waals surface area contributed by atoms with Crippen LogP contribution in [0.25, 0.3) is 0 Å². The molecule has 0 aliphatic rings. The maximum absolute atomic E-state index is 14.7. The van der Waals surface area contributed by atoms with Gasteiger partial charge >= 0.3 is 0 Å². The van der Waals surface area contributed by atoms with Crippen LogP contribution < -0.4 is 10.6 Å². The summed E-state index contributed by atoms with van der Waals surface area (Å²) in [6.07, 6.45) is 0. The molecule has 4 nitrogen and oxygen atoms in total. The number of para-hydroxylation sites is 1. The standard InChI is InChI=1S/C20H13ClF2N2O2/c21-16-6-1-2-7-17(16)25-20(27)15-5-3-4-14(18(15)23)19(26)24-13-10-8-12(22)9-11-13/h1-11H,(H,24,26)(H,25,27). The summed E-state index contributed by atoms with van der Waals surface area (Å²) in [6, 6.07) is 15.4. The SMILES string of the molecule is O=C(Nc1ccc(F)cc1)c1cccc(C(=O)Nc2ccccc2Cl)c1F. The van der Waals surface area contributed by atoms with Crippen LogP contribution in [-0.4, -0.2) is 11.8 Å². The molecular formula is C20H13ClF2N2O2. The Balaban J connectivity index is 1.82. The molecule has 3 aromatic rings. The van der Waals surface area contributed by atoms with E-state index >= 15 is 0 Å². The number of benzene rings is 3. The average molecular weight is 387 g/mol. The molecule has 0 atom stereocenters. The van der Waals surface area contributed by atoms with Crippen molar-refractivity contribution in [1.29, 1.82) is 0 Å². The fraction of sp³-hybridized carbons (Fsp3) is 0. The van der Waals surface area contributed by atoms with Crippen LogP contribution in [0.1, 0.15) is 20.7 Å². The van der Waals surface area contributed by atoms with Crippen LogP contribution in [0.5, 0.6) is 0 Å². The van der Waals surface area contributed by atoms with Crippen molar-refractivity contribution in [2.24, 2.45) is 0 Å². The lowest BCUT2D eigenvalue weighted by atomic mass is 10.1. The molecule has 27 heavy (non-hydrogen) atoms. The highest BCUT2D eigenvalue weighted by molar-refractivity contribution is 6.33. The van der Waals surface area contributed by atoms with Gasteiger partial charge in [0.1, 0.15) is 11.6 Å². The maximum Gasteiger partial charge on any atom is 0.258 e. The second-order valence-corrected chi connectivity index (χ2v) is 5.97. The number of amides is 2. The molecule has 0 radical (unpaired) electrons. The molecule has 0 aliphatic carbocycles. The van der Waals surface area contributed by atoms with E-state index in [0.29, 0.717) is 16.4 Å². The van der Waals surface area contributed by atoms with E-state index in [2.05, 4.69) is 10.6 Å². The van der Waals surface area contributed by atoms with Crippen LogP contribution in [0.15, 0.2) is 66.7 Å². The van der Waals surface area contributed by atoms with E-state index in [9.17, 15) is 18.4 Å². The molecule has 2 amide bonds. The highest BCUT2D eigenvalue weighted by Crippen LogP contribution is 2.22. The van der Waals surface area contributed by atoms with Gasteiger partial charge in [-0.3, -0.25) is 9.59 Å². The van der Waals surface area contributed by atoms with Crippen molar-refractivity contribution in [3.63, 3.8) is 0 Å². The summed E-state index contributed by atoms with van der Waals surface area (Å²) in [7, 11) is 0. The largest absolute Gasteiger partial charge is 0.322 e. The van der Waals surface area contributed by atoms with Crippen molar-refractivity contribution < 1.29 is 18.4 Å². The van der Waals surface area contributed by atoms with Gasteiger partial charge in [-0.15, -0.1) is 0 Å². The van der Waals surface area contributed by atoms with Gasteiger partial charge in [0.05, 0.1) is 21.8 Å². The molecule has 136 valence electrons. The molecule has 0 fully saturated rings. The Hall–Kier alpha value is -3.25. The molecule has 0 heterocycles. The van der Waals surface area contributed by atoms with Crippen LogP contribution in [-0.2, 0) is 0 Å². The number of carbonyl (C=O) groups is 2. The molecule has 0 unspecified atom stereocenters. The minimum absolute atomic E-state index is 0.298. The molecule has 0 aliphatic heterocycles. The topological polar surface area (TPSA) is 58.2 Å². The second-order valence-electron chi connectivity index (χ2n) is 5.56. The van der Waals surface area contributed by atoms with E-state index < -0.39 is 23.4 Å². The maximum atomic E-state index is 14.7. The third-order valence-corrected chi connectivity index (χ3v) is 4.04. The first-order chi connectivity index (χ1) is 13.0. The molecular weight excluding hydrogens is 374 g/mol. The van der Waals surface area contributed by atoms with Crippen molar-refractivity contribution >= 4 is 34.8 Å². The van der Waals surface area contributed by atoms with Crippen molar-refractivity contribution in [3.05, 3.63) is 94.5 Å². The van der Waals surface area contributed by atoms with Crippen LogP contribution in [0.3, 0.4) is 0 Å². The zero-order valence-electron chi connectivity index (χ0n) is 13.8. The van der Waals surface area contributed by atoms with Gasteiger partial charge in [0.2, 0.25) is 0 Å². The average Bonchev–Trinajstić information content (AvgIpc) is 2.65. The molecule has 0 saturated heterocycles. The molecule has 0 aromatic heterocycles. The van der Waals surface area contributed by atoms with Crippen molar-refractivity contribution in [2.75, 3.05) is 10.6 Å². The highest BCUT2D eigenvalue weighted by Gasteiger charge is 2.20. The lowest BCUT2D eigenvalue weighted by Gasteiger charge is -2.10. The lowest BCUT2D eigenvalue weighted by molar-refractivity contribution is 0.102. The van der Waals surface area contributed by atoms with Crippen LogP contribution >= 0.6 is 11.6 Å². The summed E-state index contributed by atoms with van der Waals surface area (Å²) >= 11 is 5.98. The summed E-state index contributed by atoms with van der Waals surface area (Å²) in [5.41, 5.74) is 0.00395. The van der Waals surface area contributed by atoms with E-state index in [-0.39, 0.29) is 11.1 Å². The van der Waals surface area contributed by atoms with Gasteiger partial charge in [0.15, 0.2) is 0 Å². The summed E-state index contributed by atoms with van der Waals surface area (Å²) in [6.45, 7) is 0. The summed E-state index contributed by atoms with van der Waals surface area (Å²) in [5, 5.41) is 5.26. The van der Waals surface area contributed by atoms with E-state index in [1.807, 2.05) is 0 Å². The number of halogens is 3. The van der Waals surface area contributed by atoms with Gasteiger partial charge in [-0.2, -0.15) is 0 Å². The number of nitrogens with one attached hydrogen (secondary N) is 2. The molecule has 0 bridgehead atoms. The summed E-state index contributed by atoms with van der Waals surface area (Å²) < 4.78 is 27.7. The molecule has 3 aromatic carbocycles. The summed E-state index contributed by atoms with van der Waals surface area (Å²) in [5.74, 6) is -2.93. The predicted octanol–water partition coefficient (Wildman–Crippen LogP) is 5.12. The first-order valence-corrected chi connectivity index (χ1v) is 8.25. The molecule has 0 spiro atoms. The van der Waals surface area contributed by atoms with Gasteiger partial charge in [0, 0.05) is 5.69 Å². The molecule has 3 rings (SSSR count). The van der Waals surface area contributed by atoms with Gasteiger partial charge in [0.25, 0.3) is 11.8 Å². The predicted molar refractivity (Wildman–Crippen MR) is 100 cm³/mol. The lowest BCUT2D eigenvalue weighted by Crippen LogP contribution is -2.19. The van der Waals surface area contributed by atoms with Gasteiger partial charge in [-0.25, -0.2) is 8.78 Å².